The predicted molar refractivity (Wildman–Crippen MR) is 109 cm³/mol. The molecule has 1 aliphatic rings. The van der Waals surface area contributed by atoms with Gasteiger partial charge >= 0.3 is 13.0 Å². The van der Waals surface area contributed by atoms with E-state index in [9.17, 15) is 26.2 Å². The van der Waals surface area contributed by atoms with Gasteiger partial charge in [-0.3, -0.25) is 0 Å². The van der Waals surface area contributed by atoms with E-state index in [4.69, 9.17) is 4.42 Å². The van der Waals surface area contributed by atoms with Gasteiger partial charge in [-0.15, -0.1) is 10.2 Å². The van der Waals surface area contributed by atoms with Crippen LogP contribution in [0.4, 0.5) is 27.9 Å². The number of anilines is 1. The number of ether oxygens (including phenoxy) is 1. The fourth-order valence-corrected chi connectivity index (χ4v) is 4.01. The van der Waals surface area contributed by atoms with E-state index in [-0.39, 0.29) is 40.5 Å². The highest BCUT2D eigenvalue weighted by Crippen LogP contribution is 2.28. The van der Waals surface area contributed by atoms with E-state index >= 15 is 0 Å². The smallest absolute Gasteiger partial charge is 0.387 e. The van der Waals surface area contributed by atoms with Crippen LogP contribution < -0.4 is 14.8 Å². The molecule has 0 saturated heterocycles. The number of rotatable bonds is 11. The maximum atomic E-state index is 14.7. The lowest BCUT2D eigenvalue weighted by atomic mass is 10.1. The zero-order valence-electron chi connectivity index (χ0n) is 17.1. The second kappa shape index (κ2) is 10.4. The van der Waals surface area contributed by atoms with E-state index in [1.165, 1.54) is 24.5 Å². The third kappa shape index (κ3) is 6.02. The molecule has 0 aliphatic heterocycles. The van der Waals surface area contributed by atoms with Crippen molar-refractivity contribution in [3.05, 3.63) is 47.9 Å². The van der Waals surface area contributed by atoms with Gasteiger partial charge in [0.1, 0.15) is 11.6 Å². The Hall–Kier alpha value is -3.20. The van der Waals surface area contributed by atoms with Crippen LogP contribution >= 0.6 is 0 Å². The molecule has 0 amide bonds. The third-order valence-electron chi connectivity index (χ3n) is 4.66. The maximum absolute atomic E-state index is 14.7. The summed E-state index contributed by atoms with van der Waals surface area (Å²) in [5.74, 6) is -2.22. The molecule has 0 spiro atoms. The number of nitrogens with one attached hydrogen (secondary N) is 2. The molecule has 4 rings (SSSR count). The van der Waals surface area contributed by atoms with Crippen molar-refractivity contribution in [1.29, 1.82) is 0 Å². The Bertz CT molecular complexity index is 1150. The molecule has 3 aromatic rings. The van der Waals surface area contributed by atoms with Crippen molar-refractivity contribution in [2.24, 2.45) is 0 Å². The highest BCUT2D eigenvalue weighted by atomic mass is 32.2. The number of aromatic nitrogens is 4. The molecule has 15 heteroatoms. The first-order valence-electron chi connectivity index (χ1n) is 9.89. The van der Waals surface area contributed by atoms with Crippen molar-refractivity contribution in [1.82, 2.24) is 24.9 Å². The highest BCUT2D eigenvalue weighted by molar-refractivity contribution is 7.84. The number of hydrogen-bond acceptors (Lipinski definition) is 8. The largest absolute Gasteiger partial charge is 0.435 e. The summed E-state index contributed by atoms with van der Waals surface area (Å²) in [5, 5.41) is 9.63. The average molecular weight is 504 g/mol. The fourth-order valence-electron chi connectivity index (χ4n) is 2.88. The summed E-state index contributed by atoms with van der Waals surface area (Å²) in [7, 11) is -1.33. The Kier molecular flexibility index (Phi) is 7.31. The molecule has 34 heavy (non-hydrogen) atoms. The summed E-state index contributed by atoms with van der Waals surface area (Å²) >= 11 is 0. The first-order chi connectivity index (χ1) is 16.3. The third-order valence-corrected chi connectivity index (χ3v) is 6.19. The number of hydrogen-bond donors (Lipinski definition) is 2. The average Bonchev–Trinajstić information content (AvgIpc) is 3.53. The molecule has 2 heterocycles. The number of nitrogens with zero attached hydrogens (tertiary/aromatic N) is 4. The Morgan fingerprint density at radius 2 is 1.88 bits per heavy atom. The molecule has 2 atom stereocenters. The van der Waals surface area contributed by atoms with E-state index in [0.717, 1.165) is 18.9 Å². The molecular weight excluding hydrogens is 487 g/mol. The second-order valence-electron chi connectivity index (χ2n) is 7.15. The monoisotopic (exact) mass is 504 g/mol. The highest BCUT2D eigenvalue weighted by Gasteiger charge is 2.29. The topological polar surface area (TPSA) is 115 Å². The van der Waals surface area contributed by atoms with E-state index in [0.29, 0.717) is 0 Å². The first-order valence-corrected chi connectivity index (χ1v) is 11.1. The Balaban J connectivity index is 1.52. The molecule has 0 bridgehead atoms. The summed E-state index contributed by atoms with van der Waals surface area (Å²) in [6.07, 6.45) is 1.19. The van der Waals surface area contributed by atoms with Crippen molar-refractivity contribution < 1.29 is 35.3 Å². The molecule has 1 saturated carbocycles. The van der Waals surface area contributed by atoms with Gasteiger partial charge in [0, 0.05) is 35.8 Å². The van der Waals surface area contributed by atoms with Gasteiger partial charge in [0.2, 0.25) is 5.95 Å². The van der Waals surface area contributed by atoms with Gasteiger partial charge < -0.3 is 14.5 Å². The molecule has 1 aromatic carbocycles. The zero-order chi connectivity index (χ0) is 24.2. The standard InChI is InChI=1S/C19H17F5N6O3S/c20-13-5-10(32-18(23)24)1-4-12(13)14(8-27-34(31)11-2-3-11)28-19-25-6-9(7-26-19)16-29-30-17(33-16)15(21)22/h1,4-7,11,14-15,18,27H,2-3,8H2,(H,25,26,28). The van der Waals surface area contributed by atoms with Gasteiger partial charge in [-0.25, -0.2) is 23.3 Å². The predicted octanol–water partition coefficient (Wildman–Crippen LogP) is 3.77. The minimum Gasteiger partial charge on any atom is -0.435 e. The van der Waals surface area contributed by atoms with E-state index in [2.05, 4.69) is 34.9 Å². The summed E-state index contributed by atoms with van der Waals surface area (Å²) < 4.78 is 88.8. The Morgan fingerprint density at radius 1 is 1.15 bits per heavy atom. The zero-order valence-corrected chi connectivity index (χ0v) is 17.9. The summed E-state index contributed by atoms with van der Waals surface area (Å²) in [4.78, 5) is 8.10. The van der Waals surface area contributed by atoms with Crippen LogP contribution in [0, 0.1) is 5.82 Å². The molecule has 0 radical (unpaired) electrons. The van der Waals surface area contributed by atoms with Crippen LogP contribution in [0.15, 0.2) is 35.0 Å². The van der Waals surface area contributed by atoms with E-state index in [1.807, 2.05) is 0 Å². The lowest BCUT2D eigenvalue weighted by Gasteiger charge is -2.20. The van der Waals surface area contributed by atoms with Crippen LogP contribution in [0.2, 0.25) is 0 Å². The van der Waals surface area contributed by atoms with Gasteiger partial charge in [-0.2, -0.15) is 17.6 Å². The summed E-state index contributed by atoms with van der Waals surface area (Å²) in [6.45, 7) is -3.11. The molecule has 9 nitrogen and oxygen atoms in total. The molecule has 2 N–H and O–H groups in total. The summed E-state index contributed by atoms with van der Waals surface area (Å²) in [5.41, 5.74) is 0.238. The lowest BCUT2D eigenvalue weighted by Crippen LogP contribution is -2.30. The van der Waals surface area contributed by atoms with Gasteiger partial charge in [-0.05, 0) is 18.9 Å². The van der Waals surface area contributed by atoms with Gasteiger partial charge in [0.25, 0.3) is 11.8 Å². The van der Waals surface area contributed by atoms with Crippen molar-refractivity contribution >= 4 is 16.9 Å². The first kappa shape index (κ1) is 23.9. The number of alkyl halides is 4. The van der Waals surface area contributed by atoms with Crippen LogP contribution in [-0.4, -0.2) is 42.8 Å². The van der Waals surface area contributed by atoms with E-state index in [1.54, 1.807) is 0 Å². The Morgan fingerprint density at radius 3 is 2.47 bits per heavy atom. The number of halogens is 5. The fraction of sp³-hybridized carbons (Fsp3) is 0.368. The summed E-state index contributed by atoms with van der Waals surface area (Å²) in [6, 6.07) is 2.40. The van der Waals surface area contributed by atoms with Crippen LogP contribution in [0.3, 0.4) is 0 Å². The van der Waals surface area contributed by atoms with Crippen molar-refractivity contribution in [3.63, 3.8) is 0 Å². The quantitative estimate of drug-likeness (QED) is 0.379. The van der Waals surface area contributed by atoms with Crippen LogP contribution in [0.25, 0.3) is 11.5 Å². The molecule has 182 valence electrons. The van der Waals surface area contributed by atoms with Crippen LogP contribution in [-0.2, 0) is 11.0 Å². The SMILES string of the molecule is O=S(NCC(Nc1ncc(-c2nnc(C(F)F)o2)cn1)c1ccc(OC(F)F)cc1F)C1CC1. The van der Waals surface area contributed by atoms with Crippen molar-refractivity contribution in [2.45, 2.75) is 37.2 Å². The van der Waals surface area contributed by atoms with Crippen molar-refractivity contribution in [3.8, 4) is 17.2 Å². The molecule has 2 unspecified atom stereocenters. The van der Waals surface area contributed by atoms with E-state index < -0.39 is 41.8 Å². The van der Waals surface area contributed by atoms with Gasteiger partial charge in [0.15, 0.2) is 0 Å². The molecule has 1 aliphatic carbocycles. The minimum atomic E-state index is -3.11. The second-order valence-corrected chi connectivity index (χ2v) is 8.70. The van der Waals surface area contributed by atoms with Crippen LogP contribution in [0.1, 0.15) is 36.8 Å². The minimum absolute atomic E-state index is 0.00159. The van der Waals surface area contributed by atoms with Gasteiger partial charge in [0.05, 0.1) is 22.6 Å². The molecule has 2 aromatic heterocycles. The number of benzene rings is 1. The lowest BCUT2D eigenvalue weighted by molar-refractivity contribution is -0.0500. The Labute approximate surface area is 191 Å². The molecular formula is C19H17F5N6O3S. The van der Waals surface area contributed by atoms with Crippen LogP contribution in [0.5, 0.6) is 5.75 Å². The van der Waals surface area contributed by atoms with Crippen molar-refractivity contribution in [2.75, 3.05) is 11.9 Å². The molecule has 1 fully saturated rings. The maximum Gasteiger partial charge on any atom is 0.387 e. The van der Waals surface area contributed by atoms with Gasteiger partial charge in [-0.1, -0.05) is 6.07 Å². The normalized spacial score (nSPS) is 15.5.